The first-order valence-corrected chi connectivity index (χ1v) is 11.8. The fourth-order valence-electron chi connectivity index (χ4n) is 3.43. The van der Waals surface area contributed by atoms with E-state index in [-0.39, 0.29) is 51.9 Å². The van der Waals surface area contributed by atoms with Gasteiger partial charge in [-0.15, -0.1) is 16.5 Å². The molecule has 0 bridgehead atoms. The fourth-order valence-corrected chi connectivity index (χ4v) is 3.43. The Hall–Kier alpha value is -4.81. The van der Waals surface area contributed by atoms with Crippen molar-refractivity contribution < 1.29 is 52.8 Å². The molecule has 16 heteroatoms. The summed E-state index contributed by atoms with van der Waals surface area (Å²) in [5.74, 6) is -6.13. The van der Waals surface area contributed by atoms with Gasteiger partial charge >= 0.3 is 11.9 Å². The lowest BCUT2D eigenvalue weighted by Crippen LogP contribution is -2.47. The van der Waals surface area contributed by atoms with Crippen molar-refractivity contribution in [1.82, 2.24) is 25.7 Å². The molecule has 2 fully saturated rings. The highest BCUT2D eigenvalue weighted by molar-refractivity contribution is 6.02. The van der Waals surface area contributed by atoms with Crippen LogP contribution < -0.4 is 10.6 Å². The van der Waals surface area contributed by atoms with Crippen LogP contribution in [0.2, 0.25) is 0 Å². The Bertz CT molecular complexity index is 1030. The lowest BCUT2D eigenvalue weighted by molar-refractivity contribution is -0.198. The van der Waals surface area contributed by atoms with Gasteiger partial charge in [0.05, 0.1) is 18.8 Å². The Morgan fingerprint density at radius 1 is 0.821 bits per heavy atom. The number of hydrogen-bond donors (Lipinski definition) is 2. The van der Waals surface area contributed by atoms with E-state index in [1.807, 2.05) is 5.92 Å². The monoisotopic (exact) mass is 549 g/mol. The second-order valence-electron chi connectivity index (χ2n) is 8.40. The fraction of sp³-hybridized carbons (Fsp3) is 0.522. The first-order chi connectivity index (χ1) is 18.4. The molecule has 2 N–H and O–H groups in total. The average molecular weight is 549 g/mol. The van der Waals surface area contributed by atoms with Gasteiger partial charge in [0.1, 0.15) is 0 Å². The van der Waals surface area contributed by atoms with Gasteiger partial charge in [0.2, 0.25) is 11.8 Å². The highest BCUT2D eigenvalue weighted by Gasteiger charge is 2.35. The largest absolute Gasteiger partial charge is 0.355 e. The minimum atomic E-state index is -1.08. The van der Waals surface area contributed by atoms with E-state index in [1.54, 1.807) is 0 Å². The molecule has 1 unspecified atom stereocenters. The number of carbonyl (C=O) groups excluding carboxylic acids is 9. The Morgan fingerprint density at radius 2 is 1.23 bits per heavy atom. The van der Waals surface area contributed by atoms with E-state index in [2.05, 4.69) is 10.6 Å². The Morgan fingerprint density at radius 3 is 1.62 bits per heavy atom. The molecule has 2 rings (SSSR count). The van der Waals surface area contributed by atoms with Crippen LogP contribution >= 0.6 is 0 Å². The summed E-state index contributed by atoms with van der Waals surface area (Å²) >= 11 is 0. The van der Waals surface area contributed by atoms with Crippen molar-refractivity contribution in [2.45, 2.75) is 45.4 Å². The van der Waals surface area contributed by atoms with E-state index in [0.29, 0.717) is 10.1 Å². The number of hydroxylamine groups is 4. The lowest BCUT2D eigenvalue weighted by Gasteiger charge is -2.27. The maximum Gasteiger partial charge on any atom is 0.334 e. The Balaban J connectivity index is 2.11. The normalized spacial score (nSPS) is 15.5. The number of amides is 7. The zero-order valence-corrected chi connectivity index (χ0v) is 21.1. The molecule has 1 atom stereocenters. The second kappa shape index (κ2) is 14.2. The predicted molar refractivity (Wildman–Crippen MR) is 124 cm³/mol. The summed E-state index contributed by atoms with van der Waals surface area (Å²) in [6.45, 7) is -0.0862. The molecule has 0 radical (unpaired) electrons. The summed E-state index contributed by atoms with van der Waals surface area (Å²) in [4.78, 5) is 118. The highest BCUT2D eigenvalue weighted by atomic mass is 16.7. The molecule has 0 aliphatic carbocycles. The van der Waals surface area contributed by atoms with E-state index >= 15 is 0 Å². The van der Waals surface area contributed by atoms with Crippen molar-refractivity contribution in [2.75, 3.05) is 26.2 Å². The summed E-state index contributed by atoms with van der Waals surface area (Å²) < 4.78 is 0. The van der Waals surface area contributed by atoms with E-state index in [1.165, 1.54) is 6.92 Å². The van der Waals surface area contributed by atoms with Crippen LogP contribution in [0.5, 0.6) is 0 Å². The van der Waals surface area contributed by atoms with Crippen molar-refractivity contribution in [1.29, 1.82) is 0 Å². The average Bonchev–Trinajstić information content (AvgIpc) is 3.38. The van der Waals surface area contributed by atoms with Gasteiger partial charge in [-0.05, 0) is 5.92 Å². The Kier molecular flexibility index (Phi) is 11.1. The molecule has 0 saturated carbocycles. The Labute approximate surface area is 222 Å². The van der Waals surface area contributed by atoms with E-state index < -0.39 is 72.0 Å². The zero-order chi connectivity index (χ0) is 29.1. The lowest BCUT2D eigenvalue weighted by atomic mass is 10.1. The molecule has 210 valence electrons. The highest BCUT2D eigenvalue weighted by Crippen LogP contribution is 2.15. The topological polar surface area (TPSA) is 206 Å². The van der Waals surface area contributed by atoms with Gasteiger partial charge in [-0.2, -0.15) is 0 Å². The molecular weight excluding hydrogens is 522 g/mol. The molecule has 16 nitrogen and oxygen atoms in total. The van der Waals surface area contributed by atoms with Gasteiger partial charge < -0.3 is 25.2 Å². The zero-order valence-electron chi connectivity index (χ0n) is 21.1. The quantitative estimate of drug-likeness (QED) is 0.179. The minimum absolute atomic E-state index is 0.116. The van der Waals surface area contributed by atoms with Gasteiger partial charge in [0, 0.05) is 58.8 Å². The summed E-state index contributed by atoms with van der Waals surface area (Å²) in [6.07, 6.45) is 3.53. The van der Waals surface area contributed by atoms with E-state index in [0.717, 1.165) is 4.90 Å². The number of terminal acetylenes is 1. The molecule has 0 spiro atoms. The molecule has 0 aromatic rings. The summed E-state index contributed by atoms with van der Waals surface area (Å²) in [5, 5.41) is 5.43. The molecule has 2 heterocycles. The number of carbonyl (C=O) groups is 9. The van der Waals surface area contributed by atoms with Crippen LogP contribution in [0.1, 0.15) is 45.4 Å². The SMILES string of the molecule is C#CC(=O)NCC(CNC(C)=O)C(=O)N(CCC(=O)ON1C(=O)CCC1=O)CCC(=O)ON1C(=O)CCC1=O. The van der Waals surface area contributed by atoms with Crippen LogP contribution in [0.3, 0.4) is 0 Å². The molecular formula is C23H27N5O11. The second-order valence-corrected chi connectivity index (χ2v) is 8.40. The third-order valence-corrected chi connectivity index (χ3v) is 5.47. The molecule has 7 amide bonds. The van der Waals surface area contributed by atoms with E-state index in [9.17, 15) is 43.2 Å². The van der Waals surface area contributed by atoms with Crippen LogP contribution in [0.25, 0.3) is 0 Å². The first kappa shape index (κ1) is 30.4. The van der Waals surface area contributed by atoms with Crippen molar-refractivity contribution in [2.24, 2.45) is 5.92 Å². The van der Waals surface area contributed by atoms with E-state index in [4.69, 9.17) is 16.1 Å². The summed E-state index contributed by atoms with van der Waals surface area (Å²) in [7, 11) is 0. The smallest absolute Gasteiger partial charge is 0.334 e. The van der Waals surface area contributed by atoms with Crippen LogP contribution in [0, 0.1) is 18.3 Å². The van der Waals surface area contributed by atoms with Gasteiger partial charge in [-0.25, -0.2) is 9.59 Å². The minimum Gasteiger partial charge on any atom is -0.355 e. The number of nitrogens with one attached hydrogen (secondary N) is 2. The summed E-state index contributed by atoms with van der Waals surface area (Å²) in [6, 6.07) is 0. The molecule has 39 heavy (non-hydrogen) atoms. The first-order valence-electron chi connectivity index (χ1n) is 11.8. The molecule has 2 aliphatic rings. The van der Waals surface area contributed by atoms with Gasteiger partial charge in [-0.3, -0.25) is 33.6 Å². The van der Waals surface area contributed by atoms with Crippen molar-refractivity contribution in [3.63, 3.8) is 0 Å². The number of imide groups is 2. The van der Waals surface area contributed by atoms with Crippen molar-refractivity contribution >= 4 is 53.3 Å². The van der Waals surface area contributed by atoms with Crippen LogP contribution in [-0.4, -0.2) is 94.5 Å². The van der Waals surface area contributed by atoms with Gasteiger partial charge in [0.15, 0.2) is 0 Å². The van der Waals surface area contributed by atoms with Crippen LogP contribution in [-0.2, 0) is 52.8 Å². The predicted octanol–water partition coefficient (Wildman–Crippen LogP) is -2.69. The van der Waals surface area contributed by atoms with Crippen LogP contribution in [0.4, 0.5) is 0 Å². The number of hydrogen-bond acceptors (Lipinski definition) is 11. The standard InChI is InChI=1S/C23H27N5O11/c1-3-16(30)25-13-15(12-24-14(2)29)23(37)26(10-8-21(35)38-27-17(31)4-5-18(27)32)11-9-22(36)39-28-19(33)6-7-20(28)34/h1,15H,4-13H2,2H3,(H,24,29)(H,25,30). The third-order valence-electron chi connectivity index (χ3n) is 5.47. The van der Waals surface area contributed by atoms with Gasteiger partial charge in [0.25, 0.3) is 29.5 Å². The van der Waals surface area contributed by atoms with Crippen LogP contribution in [0.15, 0.2) is 0 Å². The van der Waals surface area contributed by atoms with Gasteiger partial charge in [-0.1, -0.05) is 0 Å². The number of rotatable bonds is 13. The third kappa shape index (κ3) is 9.22. The maximum atomic E-state index is 13.3. The maximum absolute atomic E-state index is 13.3. The molecule has 0 aromatic heterocycles. The number of nitrogens with zero attached hydrogens (tertiary/aromatic N) is 3. The molecule has 2 aliphatic heterocycles. The summed E-state index contributed by atoms with van der Waals surface area (Å²) in [5.41, 5.74) is 0. The molecule has 2 saturated heterocycles. The van der Waals surface area contributed by atoms with Crippen molar-refractivity contribution in [3.8, 4) is 12.3 Å². The molecule has 0 aromatic carbocycles. The van der Waals surface area contributed by atoms with Crippen molar-refractivity contribution in [3.05, 3.63) is 0 Å².